The standard InChI is InChI=1S/C13H19Cl2NO2S/c1-4-6-16(5-2)19(17,18)13-8-12(15)7-11(9-14)10(13)3/h7-8H,4-6,9H2,1-3H3. The molecule has 0 radical (unpaired) electrons. The predicted molar refractivity (Wildman–Crippen MR) is 80.5 cm³/mol. The van der Waals surface area contributed by atoms with Crippen LogP contribution < -0.4 is 0 Å². The van der Waals surface area contributed by atoms with Gasteiger partial charge in [0.2, 0.25) is 10.0 Å². The highest BCUT2D eigenvalue weighted by Gasteiger charge is 2.25. The van der Waals surface area contributed by atoms with Gasteiger partial charge in [0.1, 0.15) is 0 Å². The largest absolute Gasteiger partial charge is 0.243 e. The molecule has 0 aliphatic rings. The Labute approximate surface area is 125 Å². The Hall–Kier alpha value is -0.290. The molecule has 1 aromatic rings. The fraction of sp³-hybridized carbons (Fsp3) is 0.538. The molecule has 0 aromatic heterocycles. The first-order chi connectivity index (χ1) is 8.88. The first-order valence-electron chi connectivity index (χ1n) is 6.23. The summed E-state index contributed by atoms with van der Waals surface area (Å²) in [6, 6.07) is 3.21. The Bertz CT molecular complexity index is 544. The zero-order valence-corrected chi connectivity index (χ0v) is 13.7. The molecule has 0 heterocycles. The van der Waals surface area contributed by atoms with Crippen molar-refractivity contribution in [2.75, 3.05) is 13.1 Å². The summed E-state index contributed by atoms with van der Waals surface area (Å²) in [5, 5.41) is 0.396. The van der Waals surface area contributed by atoms with Gasteiger partial charge in [-0.15, -0.1) is 11.6 Å². The van der Waals surface area contributed by atoms with Crippen LogP contribution in [0.25, 0.3) is 0 Å². The number of sulfonamides is 1. The average Bonchev–Trinajstić information content (AvgIpc) is 2.37. The summed E-state index contributed by atoms with van der Waals surface area (Å²) in [5.74, 6) is 0.245. The molecule has 0 saturated carbocycles. The maximum atomic E-state index is 12.6. The fourth-order valence-electron chi connectivity index (χ4n) is 1.95. The van der Waals surface area contributed by atoms with Crippen LogP contribution in [0.5, 0.6) is 0 Å². The van der Waals surface area contributed by atoms with E-state index in [2.05, 4.69) is 0 Å². The van der Waals surface area contributed by atoms with Gasteiger partial charge >= 0.3 is 0 Å². The Morgan fingerprint density at radius 1 is 1.26 bits per heavy atom. The zero-order chi connectivity index (χ0) is 14.6. The van der Waals surface area contributed by atoms with Crippen molar-refractivity contribution in [2.45, 2.75) is 38.0 Å². The highest BCUT2D eigenvalue weighted by Crippen LogP contribution is 2.28. The van der Waals surface area contributed by atoms with Crippen molar-refractivity contribution >= 4 is 33.2 Å². The monoisotopic (exact) mass is 323 g/mol. The molecule has 6 heteroatoms. The molecule has 0 spiro atoms. The lowest BCUT2D eigenvalue weighted by molar-refractivity contribution is 0.426. The molecule has 0 atom stereocenters. The van der Waals surface area contributed by atoms with Gasteiger partial charge in [0.05, 0.1) is 4.90 Å². The molecule has 0 N–H and O–H groups in total. The first kappa shape index (κ1) is 16.8. The summed E-state index contributed by atoms with van der Waals surface area (Å²) >= 11 is 11.8. The van der Waals surface area contributed by atoms with Crippen LogP contribution in [0.4, 0.5) is 0 Å². The molecule has 1 aromatic carbocycles. The third-order valence-corrected chi connectivity index (χ3v) is 5.63. The van der Waals surface area contributed by atoms with Crippen LogP contribution in [0.1, 0.15) is 31.4 Å². The van der Waals surface area contributed by atoms with Gasteiger partial charge in [-0.05, 0) is 36.6 Å². The van der Waals surface area contributed by atoms with Gasteiger partial charge in [0, 0.05) is 24.0 Å². The Morgan fingerprint density at radius 2 is 1.89 bits per heavy atom. The Morgan fingerprint density at radius 3 is 2.37 bits per heavy atom. The molecular weight excluding hydrogens is 305 g/mol. The van der Waals surface area contributed by atoms with Gasteiger partial charge in [0.25, 0.3) is 0 Å². The molecule has 0 unspecified atom stereocenters. The van der Waals surface area contributed by atoms with Crippen LogP contribution in [-0.2, 0) is 15.9 Å². The maximum Gasteiger partial charge on any atom is 0.243 e. The normalized spacial score (nSPS) is 12.1. The van der Waals surface area contributed by atoms with Gasteiger partial charge in [-0.25, -0.2) is 8.42 Å². The molecule has 0 aliphatic carbocycles. The summed E-state index contributed by atoms with van der Waals surface area (Å²) in [4.78, 5) is 0.256. The van der Waals surface area contributed by atoms with Crippen molar-refractivity contribution in [1.82, 2.24) is 4.31 Å². The van der Waals surface area contributed by atoms with E-state index in [-0.39, 0.29) is 10.8 Å². The van der Waals surface area contributed by atoms with Crippen LogP contribution >= 0.6 is 23.2 Å². The van der Waals surface area contributed by atoms with Crippen molar-refractivity contribution in [3.63, 3.8) is 0 Å². The average molecular weight is 324 g/mol. The molecular formula is C13H19Cl2NO2S. The van der Waals surface area contributed by atoms with E-state index in [0.29, 0.717) is 23.7 Å². The third kappa shape index (κ3) is 3.63. The second-order valence-corrected chi connectivity index (χ2v) is 6.93. The van der Waals surface area contributed by atoms with E-state index < -0.39 is 10.0 Å². The van der Waals surface area contributed by atoms with Crippen molar-refractivity contribution < 1.29 is 8.42 Å². The molecule has 19 heavy (non-hydrogen) atoms. The topological polar surface area (TPSA) is 37.4 Å². The highest BCUT2D eigenvalue weighted by atomic mass is 35.5. The van der Waals surface area contributed by atoms with Crippen LogP contribution in [0, 0.1) is 6.92 Å². The first-order valence-corrected chi connectivity index (χ1v) is 8.58. The van der Waals surface area contributed by atoms with Crippen LogP contribution in [-0.4, -0.2) is 25.8 Å². The van der Waals surface area contributed by atoms with Crippen molar-refractivity contribution in [2.24, 2.45) is 0 Å². The highest BCUT2D eigenvalue weighted by molar-refractivity contribution is 7.89. The summed E-state index contributed by atoms with van der Waals surface area (Å²) in [6.45, 7) is 6.49. The lowest BCUT2D eigenvalue weighted by Crippen LogP contribution is -2.32. The number of halogens is 2. The van der Waals surface area contributed by atoms with E-state index >= 15 is 0 Å². The summed E-state index contributed by atoms with van der Waals surface area (Å²) in [6.07, 6.45) is 0.773. The molecule has 0 aliphatic heterocycles. The number of alkyl halides is 1. The third-order valence-electron chi connectivity index (χ3n) is 3.02. The number of hydrogen-bond acceptors (Lipinski definition) is 2. The van der Waals surface area contributed by atoms with E-state index in [1.807, 2.05) is 13.8 Å². The summed E-state index contributed by atoms with van der Waals surface area (Å²) in [7, 11) is -3.51. The van der Waals surface area contributed by atoms with E-state index in [4.69, 9.17) is 23.2 Å². The van der Waals surface area contributed by atoms with Gasteiger partial charge < -0.3 is 0 Å². The molecule has 0 saturated heterocycles. The van der Waals surface area contributed by atoms with Crippen LogP contribution in [0.15, 0.2) is 17.0 Å². The SMILES string of the molecule is CCCN(CC)S(=O)(=O)c1cc(Cl)cc(CCl)c1C. The molecule has 0 fully saturated rings. The van der Waals surface area contributed by atoms with Gasteiger partial charge in [0.15, 0.2) is 0 Å². The fourth-order valence-corrected chi connectivity index (χ4v) is 4.37. The second kappa shape index (κ2) is 6.93. The number of benzene rings is 1. The summed E-state index contributed by atoms with van der Waals surface area (Å²) < 4.78 is 26.7. The van der Waals surface area contributed by atoms with Gasteiger partial charge in [-0.2, -0.15) is 4.31 Å². The van der Waals surface area contributed by atoms with Crippen molar-refractivity contribution in [1.29, 1.82) is 0 Å². The summed E-state index contributed by atoms with van der Waals surface area (Å²) in [5.41, 5.74) is 1.43. The van der Waals surface area contributed by atoms with E-state index in [0.717, 1.165) is 12.0 Å². The molecule has 0 bridgehead atoms. The molecule has 1 rings (SSSR count). The van der Waals surface area contributed by atoms with Crippen LogP contribution in [0.3, 0.4) is 0 Å². The minimum atomic E-state index is -3.51. The zero-order valence-electron chi connectivity index (χ0n) is 11.4. The maximum absolute atomic E-state index is 12.6. The van der Waals surface area contributed by atoms with Crippen LogP contribution in [0.2, 0.25) is 5.02 Å². The smallest absolute Gasteiger partial charge is 0.207 e. The minimum Gasteiger partial charge on any atom is -0.207 e. The Kier molecular flexibility index (Phi) is 6.12. The second-order valence-electron chi connectivity index (χ2n) is 4.32. The van der Waals surface area contributed by atoms with Crippen molar-refractivity contribution in [3.8, 4) is 0 Å². The van der Waals surface area contributed by atoms with E-state index in [9.17, 15) is 8.42 Å². The number of nitrogens with zero attached hydrogens (tertiary/aromatic N) is 1. The number of rotatable bonds is 6. The lowest BCUT2D eigenvalue weighted by Gasteiger charge is -2.22. The van der Waals surface area contributed by atoms with E-state index in [1.54, 1.807) is 13.0 Å². The van der Waals surface area contributed by atoms with E-state index in [1.165, 1.54) is 10.4 Å². The molecule has 3 nitrogen and oxygen atoms in total. The predicted octanol–water partition coefficient (Wildman–Crippen LogP) is 3.81. The Balaban J connectivity index is 3.39. The molecule has 108 valence electrons. The van der Waals surface area contributed by atoms with Gasteiger partial charge in [-0.1, -0.05) is 25.4 Å². The minimum absolute atomic E-state index is 0.245. The molecule has 0 amide bonds. The van der Waals surface area contributed by atoms with Crippen molar-refractivity contribution in [3.05, 3.63) is 28.3 Å². The number of hydrogen-bond donors (Lipinski definition) is 0. The quantitative estimate of drug-likeness (QED) is 0.746. The van der Waals surface area contributed by atoms with Gasteiger partial charge in [-0.3, -0.25) is 0 Å². The lowest BCUT2D eigenvalue weighted by atomic mass is 10.1.